The lowest BCUT2D eigenvalue weighted by atomic mass is 10.3. The van der Waals surface area contributed by atoms with Gasteiger partial charge in [0.25, 0.3) is 0 Å². The van der Waals surface area contributed by atoms with E-state index in [9.17, 15) is 4.79 Å². The summed E-state index contributed by atoms with van der Waals surface area (Å²) in [5.41, 5.74) is 1.92. The number of amides is 1. The second-order valence-corrected chi connectivity index (χ2v) is 7.32. The van der Waals surface area contributed by atoms with Gasteiger partial charge in [-0.25, -0.2) is 4.98 Å². The number of aryl methyl sites for hydroxylation is 1. The zero-order chi connectivity index (χ0) is 17.5. The fourth-order valence-corrected chi connectivity index (χ4v) is 3.53. The average Bonchev–Trinajstić information content (AvgIpc) is 2.88. The number of nitrogens with zero attached hydrogens (tertiary/aromatic N) is 2. The molecule has 1 atom stereocenters. The van der Waals surface area contributed by atoms with E-state index in [1.807, 2.05) is 25.1 Å². The molecule has 0 aliphatic rings. The Bertz CT molecular complexity index is 690. The molecule has 1 N–H and O–H groups in total. The highest BCUT2D eigenvalue weighted by Gasteiger charge is 2.19. The van der Waals surface area contributed by atoms with E-state index in [1.54, 1.807) is 7.11 Å². The number of fused-ring (bicyclic) bond motifs is 1. The number of aromatic nitrogens is 2. The van der Waals surface area contributed by atoms with Crippen molar-refractivity contribution < 1.29 is 9.53 Å². The summed E-state index contributed by atoms with van der Waals surface area (Å²) in [5, 5.41) is 4.25. The molecule has 0 saturated heterocycles. The van der Waals surface area contributed by atoms with Gasteiger partial charge in [0, 0.05) is 31.8 Å². The maximum Gasteiger partial charge on any atom is 0.233 e. The van der Waals surface area contributed by atoms with E-state index in [1.165, 1.54) is 11.8 Å². The van der Waals surface area contributed by atoms with Crippen LogP contribution in [0.5, 0.6) is 0 Å². The first kappa shape index (κ1) is 19.1. The van der Waals surface area contributed by atoms with Gasteiger partial charge in [-0.1, -0.05) is 30.3 Å². The fourth-order valence-electron chi connectivity index (χ4n) is 2.39. The molecule has 1 heterocycles. The number of hydrogen-bond acceptors (Lipinski definition) is 4. The summed E-state index contributed by atoms with van der Waals surface area (Å²) in [5.74, 6) is 0.0178. The number of thioether (sulfide) groups is 1. The summed E-state index contributed by atoms with van der Waals surface area (Å²) >= 11 is 7.55. The second kappa shape index (κ2) is 9.30. The maximum absolute atomic E-state index is 12.2. The van der Waals surface area contributed by atoms with Crippen LogP contribution in [0.25, 0.3) is 11.0 Å². The Morgan fingerprint density at radius 2 is 2.29 bits per heavy atom. The van der Waals surface area contributed by atoms with Gasteiger partial charge in [0.15, 0.2) is 5.16 Å². The molecule has 1 aromatic heterocycles. The lowest BCUT2D eigenvalue weighted by molar-refractivity contribution is -0.120. The molecule has 0 fully saturated rings. The van der Waals surface area contributed by atoms with Crippen LogP contribution < -0.4 is 5.32 Å². The Morgan fingerprint density at radius 3 is 3.00 bits per heavy atom. The van der Waals surface area contributed by atoms with Gasteiger partial charge in [0.1, 0.15) is 0 Å². The van der Waals surface area contributed by atoms with Crippen LogP contribution in [0.15, 0.2) is 23.4 Å². The zero-order valence-electron chi connectivity index (χ0n) is 14.3. The van der Waals surface area contributed by atoms with Crippen molar-refractivity contribution in [3.8, 4) is 0 Å². The summed E-state index contributed by atoms with van der Waals surface area (Å²) in [7, 11) is 1.66. The number of hydrogen-bond donors (Lipinski definition) is 1. The third-order valence-corrected chi connectivity index (χ3v) is 4.92. The largest absolute Gasteiger partial charge is 0.385 e. The van der Waals surface area contributed by atoms with Crippen molar-refractivity contribution >= 4 is 40.3 Å². The van der Waals surface area contributed by atoms with Gasteiger partial charge in [-0.15, -0.1) is 0 Å². The van der Waals surface area contributed by atoms with Crippen LogP contribution in [-0.4, -0.2) is 41.0 Å². The molecule has 0 saturated carbocycles. The van der Waals surface area contributed by atoms with E-state index >= 15 is 0 Å². The average molecular weight is 370 g/mol. The van der Waals surface area contributed by atoms with Crippen molar-refractivity contribution in [2.45, 2.75) is 43.6 Å². The highest BCUT2D eigenvalue weighted by Crippen LogP contribution is 2.29. The molecular formula is C17H24ClN3O2S. The number of carbonyl (C=O) groups excluding carboxylic acids is 1. The Labute approximate surface area is 152 Å². The molecular weight excluding hydrogens is 346 g/mol. The number of carbonyl (C=O) groups is 1. The number of ether oxygens (including phenoxy) is 1. The van der Waals surface area contributed by atoms with Crippen LogP contribution in [-0.2, 0) is 16.1 Å². The molecule has 132 valence electrons. The van der Waals surface area contributed by atoms with Crippen molar-refractivity contribution in [2.24, 2.45) is 0 Å². The van der Waals surface area contributed by atoms with Gasteiger partial charge < -0.3 is 14.6 Å². The Hall–Kier alpha value is -1.24. The molecule has 7 heteroatoms. The number of imidazole rings is 1. The molecule has 0 aliphatic heterocycles. The molecule has 2 aromatic rings. The molecule has 2 rings (SSSR count). The molecule has 1 amide bonds. The monoisotopic (exact) mass is 369 g/mol. The van der Waals surface area contributed by atoms with Gasteiger partial charge in [-0.2, -0.15) is 0 Å². The van der Waals surface area contributed by atoms with Crippen molar-refractivity contribution in [1.82, 2.24) is 14.9 Å². The van der Waals surface area contributed by atoms with Crippen LogP contribution in [0.1, 0.15) is 26.7 Å². The number of nitrogens with one attached hydrogen (secondary N) is 1. The second-order valence-electron chi connectivity index (χ2n) is 5.58. The van der Waals surface area contributed by atoms with Crippen molar-refractivity contribution in [1.29, 1.82) is 0 Å². The predicted molar refractivity (Wildman–Crippen MR) is 99.9 cm³/mol. The first-order valence-corrected chi connectivity index (χ1v) is 9.41. The lowest BCUT2D eigenvalue weighted by Crippen LogP contribution is -2.32. The highest BCUT2D eigenvalue weighted by atomic mass is 35.5. The quantitative estimate of drug-likeness (QED) is 0.540. The lowest BCUT2D eigenvalue weighted by Gasteiger charge is -2.13. The first-order chi connectivity index (χ1) is 11.6. The number of halogens is 1. The minimum absolute atomic E-state index is 0.0178. The van der Waals surface area contributed by atoms with E-state index in [2.05, 4.69) is 21.8 Å². The maximum atomic E-state index is 12.2. The minimum atomic E-state index is -0.213. The summed E-state index contributed by atoms with van der Waals surface area (Å²) in [4.78, 5) is 16.9. The molecule has 0 aliphatic carbocycles. The van der Waals surface area contributed by atoms with E-state index < -0.39 is 0 Å². The number of benzene rings is 1. The first-order valence-electron chi connectivity index (χ1n) is 8.16. The van der Waals surface area contributed by atoms with Gasteiger partial charge in [-0.05, 0) is 38.0 Å². The SMILES string of the molecule is CCCn1c(SC(C)C(=O)NCCCOC)nc2cc(Cl)ccc21. The van der Waals surface area contributed by atoms with Crippen LogP contribution in [0.2, 0.25) is 5.02 Å². The normalized spacial score (nSPS) is 12.5. The number of rotatable bonds is 9. The van der Waals surface area contributed by atoms with Crippen molar-refractivity contribution in [3.63, 3.8) is 0 Å². The molecule has 1 aromatic carbocycles. The predicted octanol–water partition coefficient (Wildman–Crippen LogP) is 3.73. The van der Waals surface area contributed by atoms with E-state index in [-0.39, 0.29) is 11.2 Å². The van der Waals surface area contributed by atoms with Gasteiger partial charge in [-0.3, -0.25) is 4.79 Å². The van der Waals surface area contributed by atoms with Gasteiger partial charge in [0.2, 0.25) is 5.91 Å². The van der Waals surface area contributed by atoms with E-state index in [4.69, 9.17) is 16.3 Å². The Balaban J connectivity index is 2.10. The Morgan fingerprint density at radius 1 is 1.50 bits per heavy atom. The van der Waals surface area contributed by atoms with Crippen molar-refractivity contribution in [3.05, 3.63) is 23.2 Å². The van der Waals surface area contributed by atoms with Crippen LogP contribution in [0.4, 0.5) is 0 Å². The molecule has 24 heavy (non-hydrogen) atoms. The van der Waals surface area contributed by atoms with Crippen LogP contribution >= 0.6 is 23.4 Å². The molecule has 0 radical (unpaired) electrons. The van der Waals surface area contributed by atoms with Crippen LogP contribution in [0.3, 0.4) is 0 Å². The number of methoxy groups -OCH3 is 1. The molecule has 1 unspecified atom stereocenters. The summed E-state index contributed by atoms with van der Waals surface area (Å²) in [6, 6.07) is 5.72. The van der Waals surface area contributed by atoms with E-state index in [0.29, 0.717) is 18.2 Å². The third-order valence-electron chi connectivity index (χ3n) is 3.60. The Kier molecular flexibility index (Phi) is 7.40. The third kappa shape index (κ3) is 4.88. The highest BCUT2D eigenvalue weighted by molar-refractivity contribution is 8.00. The minimum Gasteiger partial charge on any atom is -0.385 e. The molecule has 0 spiro atoms. The zero-order valence-corrected chi connectivity index (χ0v) is 15.9. The smallest absolute Gasteiger partial charge is 0.233 e. The summed E-state index contributed by atoms with van der Waals surface area (Å²) < 4.78 is 7.14. The molecule has 5 nitrogen and oxygen atoms in total. The molecule has 0 bridgehead atoms. The van der Waals surface area contributed by atoms with Gasteiger partial charge in [0.05, 0.1) is 16.3 Å². The summed E-state index contributed by atoms with van der Waals surface area (Å²) in [6.45, 7) is 6.16. The van der Waals surface area contributed by atoms with E-state index in [0.717, 1.165) is 35.6 Å². The van der Waals surface area contributed by atoms with Crippen molar-refractivity contribution in [2.75, 3.05) is 20.3 Å². The standard InChI is InChI=1S/C17H24ClN3O2S/c1-4-9-21-15-7-6-13(18)11-14(15)20-17(21)24-12(2)16(22)19-8-5-10-23-3/h6-7,11-12H,4-5,8-10H2,1-3H3,(H,19,22). The fraction of sp³-hybridized carbons (Fsp3) is 0.529. The summed E-state index contributed by atoms with van der Waals surface area (Å²) in [6.07, 6.45) is 1.81. The van der Waals surface area contributed by atoms with Gasteiger partial charge >= 0.3 is 0 Å². The topological polar surface area (TPSA) is 56.2 Å². The van der Waals surface area contributed by atoms with Crippen LogP contribution in [0, 0.1) is 0 Å².